The highest BCUT2D eigenvalue weighted by Gasteiger charge is 2.31. The van der Waals surface area contributed by atoms with Gasteiger partial charge in [0.1, 0.15) is 11.5 Å². The van der Waals surface area contributed by atoms with Crippen LogP contribution >= 0.6 is 11.6 Å². The molecule has 0 spiro atoms. The number of urea groups is 1. The van der Waals surface area contributed by atoms with Crippen LogP contribution in [0.25, 0.3) is 0 Å². The zero-order valence-corrected chi connectivity index (χ0v) is 14.6. The SMILES string of the molecule is O=C(Nc1cc(C(F)(F)F)ccc1Cl)Nc1c2c(cc3c1OCC3)OCC2. The Morgan fingerprint density at radius 2 is 1.85 bits per heavy atom. The highest BCUT2D eigenvalue weighted by atomic mass is 35.5. The van der Waals surface area contributed by atoms with Crippen molar-refractivity contribution in [1.29, 1.82) is 0 Å². The van der Waals surface area contributed by atoms with Crippen LogP contribution in [0.4, 0.5) is 29.3 Å². The predicted octanol–water partition coefficient (Wildman–Crippen LogP) is 4.87. The number of nitrogens with one attached hydrogen (secondary N) is 2. The minimum atomic E-state index is -4.54. The summed E-state index contributed by atoms with van der Waals surface area (Å²) in [6, 6.07) is 3.93. The molecule has 2 aromatic carbocycles. The number of anilines is 2. The summed E-state index contributed by atoms with van der Waals surface area (Å²) in [5, 5.41) is 5.06. The normalized spacial score (nSPS) is 14.8. The largest absolute Gasteiger partial charge is 0.493 e. The van der Waals surface area contributed by atoms with Crippen LogP contribution in [0.2, 0.25) is 5.02 Å². The maximum Gasteiger partial charge on any atom is 0.416 e. The molecule has 2 aliphatic heterocycles. The molecule has 0 aromatic heterocycles. The molecule has 0 fully saturated rings. The molecule has 0 atom stereocenters. The number of hydrogen-bond acceptors (Lipinski definition) is 3. The first-order valence-electron chi connectivity index (χ1n) is 8.22. The van der Waals surface area contributed by atoms with E-state index in [1.54, 1.807) is 0 Å². The van der Waals surface area contributed by atoms with Gasteiger partial charge in [-0.3, -0.25) is 0 Å². The Balaban J connectivity index is 1.60. The van der Waals surface area contributed by atoms with Crippen molar-refractivity contribution in [1.82, 2.24) is 0 Å². The molecule has 0 saturated heterocycles. The molecular formula is C18H14ClF3N2O3. The number of alkyl halides is 3. The first-order chi connectivity index (χ1) is 12.8. The third-order valence-corrected chi connectivity index (χ3v) is 4.76. The Kier molecular flexibility index (Phi) is 4.30. The monoisotopic (exact) mass is 398 g/mol. The minimum absolute atomic E-state index is 0.00116. The van der Waals surface area contributed by atoms with Gasteiger partial charge in [0, 0.05) is 24.0 Å². The lowest BCUT2D eigenvalue weighted by Crippen LogP contribution is -2.21. The van der Waals surface area contributed by atoms with E-state index >= 15 is 0 Å². The maximum atomic E-state index is 12.9. The number of benzene rings is 2. The van der Waals surface area contributed by atoms with Gasteiger partial charge in [0.25, 0.3) is 0 Å². The van der Waals surface area contributed by atoms with E-state index in [4.69, 9.17) is 21.1 Å². The van der Waals surface area contributed by atoms with Gasteiger partial charge in [0.15, 0.2) is 0 Å². The summed E-state index contributed by atoms with van der Waals surface area (Å²) in [6.07, 6.45) is -3.24. The van der Waals surface area contributed by atoms with Crippen molar-refractivity contribution >= 4 is 29.0 Å². The molecule has 0 saturated carbocycles. The van der Waals surface area contributed by atoms with E-state index in [0.29, 0.717) is 43.2 Å². The van der Waals surface area contributed by atoms with E-state index in [9.17, 15) is 18.0 Å². The van der Waals surface area contributed by atoms with Crippen molar-refractivity contribution in [2.45, 2.75) is 19.0 Å². The number of ether oxygens (including phenoxy) is 2. The van der Waals surface area contributed by atoms with Crippen LogP contribution in [-0.4, -0.2) is 19.2 Å². The first-order valence-corrected chi connectivity index (χ1v) is 8.60. The second-order valence-electron chi connectivity index (χ2n) is 6.18. The van der Waals surface area contributed by atoms with E-state index in [-0.39, 0.29) is 10.7 Å². The average Bonchev–Trinajstić information content (AvgIpc) is 3.24. The zero-order chi connectivity index (χ0) is 19.2. The Bertz CT molecular complexity index is 899. The smallest absolute Gasteiger partial charge is 0.416 e. The molecule has 2 amide bonds. The summed E-state index contributed by atoms with van der Waals surface area (Å²) in [4.78, 5) is 12.4. The number of halogens is 4. The van der Waals surface area contributed by atoms with Gasteiger partial charge in [-0.25, -0.2) is 4.79 Å². The second kappa shape index (κ2) is 6.53. The summed E-state index contributed by atoms with van der Waals surface area (Å²) in [7, 11) is 0. The topological polar surface area (TPSA) is 59.6 Å². The maximum absolute atomic E-state index is 12.9. The highest BCUT2D eigenvalue weighted by molar-refractivity contribution is 6.33. The van der Waals surface area contributed by atoms with Crippen LogP contribution in [0, 0.1) is 0 Å². The Morgan fingerprint density at radius 1 is 1.07 bits per heavy atom. The second-order valence-corrected chi connectivity index (χ2v) is 6.59. The molecule has 0 unspecified atom stereocenters. The lowest BCUT2D eigenvalue weighted by molar-refractivity contribution is -0.137. The Hall–Kier alpha value is -2.61. The van der Waals surface area contributed by atoms with Gasteiger partial charge in [-0.15, -0.1) is 0 Å². The standard InChI is InChI=1S/C18H14ClF3N2O3/c19-12-2-1-10(18(20,21)22)8-13(12)23-17(25)24-15-11-4-6-26-14(11)7-9-3-5-27-16(9)15/h1-2,7-8H,3-6H2,(H2,23,24,25). The van der Waals surface area contributed by atoms with E-state index in [2.05, 4.69) is 10.6 Å². The van der Waals surface area contributed by atoms with Crippen molar-refractivity contribution in [3.05, 3.63) is 46.0 Å². The number of carbonyl (C=O) groups excluding carboxylic acids is 1. The van der Waals surface area contributed by atoms with Crippen LogP contribution in [0.5, 0.6) is 11.5 Å². The molecule has 0 radical (unpaired) electrons. The van der Waals surface area contributed by atoms with Crippen molar-refractivity contribution in [3.8, 4) is 11.5 Å². The summed E-state index contributed by atoms with van der Waals surface area (Å²) >= 11 is 5.93. The molecular weight excluding hydrogens is 385 g/mol. The average molecular weight is 399 g/mol. The molecule has 0 aliphatic carbocycles. The summed E-state index contributed by atoms with van der Waals surface area (Å²) in [6.45, 7) is 0.988. The quantitative estimate of drug-likeness (QED) is 0.758. The molecule has 2 heterocycles. The van der Waals surface area contributed by atoms with Crippen molar-refractivity contribution < 1.29 is 27.4 Å². The minimum Gasteiger partial charge on any atom is -0.493 e. The first kappa shape index (κ1) is 17.8. The zero-order valence-electron chi connectivity index (χ0n) is 13.9. The molecule has 2 N–H and O–H groups in total. The molecule has 0 bridgehead atoms. The van der Waals surface area contributed by atoms with Crippen molar-refractivity contribution in [2.75, 3.05) is 23.8 Å². The lowest BCUT2D eigenvalue weighted by Gasteiger charge is -2.16. The Labute approximate surface area is 157 Å². The third-order valence-electron chi connectivity index (χ3n) is 4.43. The fraction of sp³-hybridized carbons (Fsp3) is 0.278. The molecule has 9 heteroatoms. The van der Waals surface area contributed by atoms with Gasteiger partial charge in [0.05, 0.1) is 35.2 Å². The van der Waals surface area contributed by atoms with E-state index in [1.165, 1.54) is 0 Å². The van der Waals surface area contributed by atoms with E-state index in [0.717, 1.165) is 29.3 Å². The molecule has 4 rings (SSSR count). The van der Waals surface area contributed by atoms with Crippen LogP contribution in [-0.2, 0) is 19.0 Å². The van der Waals surface area contributed by atoms with Gasteiger partial charge >= 0.3 is 12.2 Å². The van der Waals surface area contributed by atoms with E-state index in [1.807, 2.05) is 6.07 Å². The van der Waals surface area contributed by atoms with Crippen LogP contribution in [0.3, 0.4) is 0 Å². The van der Waals surface area contributed by atoms with Gasteiger partial charge in [0.2, 0.25) is 0 Å². The number of amides is 2. The third kappa shape index (κ3) is 3.37. The van der Waals surface area contributed by atoms with Gasteiger partial charge in [-0.1, -0.05) is 11.6 Å². The van der Waals surface area contributed by atoms with Crippen LogP contribution in [0.1, 0.15) is 16.7 Å². The molecule has 2 aliphatic rings. The number of fused-ring (bicyclic) bond motifs is 2. The number of carbonyl (C=O) groups is 1. The molecule has 5 nitrogen and oxygen atoms in total. The predicted molar refractivity (Wildman–Crippen MR) is 93.9 cm³/mol. The van der Waals surface area contributed by atoms with Gasteiger partial charge < -0.3 is 20.1 Å². The number of rotatable bonds is 2. The van der Waals surface area contributed by atoms with Crippen LogP contribution in [0.15, 0.2) is 24.3 Å². The van der Waals surface area contributed by atoms with Crippen molar-refractivity contribution in [2.24, 2.45) is 0 Å². The molecule has 27 heavy (non-hydrogen) atoms. The van der Waals surface area contributed by atoms with Gasteiger partial charge in [-0.2, -0.15) is 13.2 Å². The fourth-order valence-corrected chi connectivity index (χ4v) is 3.35. The highest BCUT2D eigenvalue weighted by Crippen LogP contribution is 2.44. The van der Waals surface area contributed by atoms with Crippen molar-refractivity contribution in [3.63, 3.8) is 0 Å². The summed E-state index contributed by atoms with van der Waals surface area (Å²) < 4.78 is 49.8. The summed E-state index contributed by atoms with van der Waals surface area (Å²) in [5.41, 5.74) is 1.17. The van der Waals surface area contributed by atoms with E-state index < -0.39 is 17.8 Å². The molecule has 2 aromatic rings. The Morgan fingerprint density at radius 3 is 2.63 bits per heavy atom. The van der Waals surface area contributed by atoms with Crippen LogP contribution < -0.4 is 20.1 Å². The lowest BCUT2D eigenvalue weighted by atomic mass is 10.0. The fourth-order valence-electron chi connectivity index (χ4n) is 3.18. The summed E-state index contributed by atoms with van der Waals surface area (Å²) in [5.74, 6) is 1.26. The van der Waals surface area contributed by atoms with Gasteiger partial charge in [-0.05, 0) is 24.3 Å². The molecule has 142 valence electrons. The number of hydrogen-bond donors (Lipinski definition) is 2.